The van der Waals surface area contributed by atoms with Gasteiger partial charge in [0.2, 0.25) is 0 Å². The van der Waals surface area contributed by atoms with Crippen LogP contribution in [0.2, 0.25) is 0 Å². The van der Waals surface area contributed by atoms with Crippen LogP contribution < -0.4 is 16.7 Å². The highest BCUT2D eigenvalue weighted by molar-refractivity contribution is 5.75. The fraction of sp³-hybridized carbons (Fsp3) is 0.462. The molecule has 0 saturated heterocycles. The molecule has 2 atom stereocenters. The third-order valence-electron chi connectivity index (χ3n) is 3.33. The van der Waals surface area contributed by atoms with Crippen LogP contribution in [0.4, 0.5) is 0 Å². The Hall–Kier alpha value is -1.59. The quantitative estimate of drug-likeness (QED) is 0.639. The number of aromatic amines is 2. The van der Waals surface area contributed by atoms with Gasteiger partial charge in [-0.05, 0) is 43.6 Å². The first kappa shape index (κ1) is 12.9. The number of hydrogen-bond donors (Lipinski definition) is 4. The summed E-state index contributed by atoms with van der Waals surface area (Å²) in [6.07, 6.45) is 0.979. The molecule has 5 heteroatoms. The molecule has 1 heterocycles. The van der Waals surface area contributed by atoms with E-state index in [-0.39, 0.29) is 11.7 Å². The fourth-order valence-corrected chi connectivity index (χ4v) is 2.19. The van der Waals surface area contributed by atoms with Crippen molar-refractivity contribution in [2.24, 2.45) is 11.7 Å². The van der Waals surface area contributed by atoms with Crippen molar-refractivity contribution in [1.82, 2.24) is 15.3 Å². The molecule has 2 aromatic rings. The lowest BCUT2D eigenvalue weighted by molar-refractivity contribution is 0.438. The highest BCUT2D eigenvalue weighted by Crippen LogP contribution is 2.22. The van der Waals surface area contributed by atoms with Gasteiger partial charge >= 0.3 is 5.69 Å². The molecule has 0 saturated carbocycles. The van der Waals surface area contributed by atoms with E-state index >= 15 is 0 Å². The lowest BCUT2D eigenvalue weighted by Gasteiger charge is -2.20. The number of rotatable bonds is 5. The van der Waals surface area contributed by atoms with Crippen molar-refractivity contribution < 1.29 is 0 Å². The van der Waals surface area contributed by atoms with Crippen molar-refractivity contribution in [3.8, 4) is 0 Å². The number of hydrogen-bond acceptors (Lipinski definition) is 3. The molecule has 0 fully saturated rings. The number of nitrogens with one attached hydrogen (secondary N) is 3. The van der Waals surface area contributed by atoms with Gasteiger partial charge in [-0.15, -0.1) is 0 Å². The molecule has 0 bridgehead atoms. The van der Waals surface area contributed by atoms with E-state index in [1.807, 2.05) is 25.2 Å². The smallest absolute Gasteiger partial charge is 0.323 e. The zero-order valence-corrected chi connectivity index (χ0v) is 10.8. The van der Waals surface area contributed by atoms with Crippen LogP contribution in [0.15, 0.2) is 23.0 Å². The van der Waals surface area contributed by atoms with Crippen molar-refractivity contribution in [3.63, 3.8) is 0 Å². The van der Waals surface area contributed by atoms with Gasteiger partial charge < -0.3 is 21.0 Å². The van der Waals surface area contributed by atoms with Crippen LogP contribution in [0.5, 0.6) is 0 Å². The Kier molecular flexibility index (Phi) is 3.84. The second-order valence-corrected chi connectivity index (χ2v) is 4.80. The van der Waals surface area contributed by atoms with Crippen LogP contribution in [0, 0.1) is 5.92 Å². The molecular formula is C13H20N4O. The van der Waals surface area contributed by atoms with Gasteiger partial charge in [0.15, 0.2) is 0 Å². The van der Waals surface area contributed by atoms with Crippen molar-refractivity contribution in [2.75, 3.05) is 13.6 Å². The summed E-state index contributed by atoms with van der Waals surface area (Å²) in [7, 11) is 1.94. The average molecular weight is 248 g/mol. The van der Waals surface area contributed by atoms with Gasteiger partial charge in [0.05, 0.1) is 11.0 Å². The Morgan fingerprint density at radius 1 is 1.33 bits per heavy atom. The predicted molar refractivity (Wildman–Crippen MR) is 73.6 cm³/mol. The average Bonchev–Trinajstić information content (AvgIpc) is 2.74. The minimum absolute atomic E-state index is 0.168. The van der Waals surface area contributed by atoms with E-state index in [0.29, 0.717) is 12.5 Å². The Bertz CT molecular complexity index is 572. The number of aromatic nitrogens is 2. The summed E-state index contributed by atoms with van der Waals surface area (Å²) in [5.74, 6) is 0.462. The second-order valence-electron chi connectivity index (χ2n) is 4.80. The molecule has 0 spiro atoms. The maximum Gasteiger partial charge on any atom is 0.323 e. The molecular weight excluding hydrogens is 228 g/mol. The molecule has 2 rings (SSSR count). The number of imidazole rings is 1. The Balaban J connectivity index is 2.29. The largest absolute Gasteiger partial charge is 0.330 e. The molecule has 18 heavy (non-hydrogen) atoms. The van der Waals surface area contributed by atoms with E-state index in [9.17, 15) is 4.79 Å². The summed E-state index contributed by atoms with van der Waals surface area (Å²) >= 11 is 0. The van der Waals surface area contributed by atoms with E-state index < -0.39 is 0 Å². The lowest BCUT2D eigenvalue weighted by Crippen LogP contribution is -2.22. The maximum absolute atomic E-state index is 11.2. The standard InChI is InChI=1S/C13H20N4O/c1-8(7-14)5-11(15-2)9-3-4-10-12(6-9)17-13(18)16-10/h3-4,6,8,11,15H,5,7,14H2,1-2H3,(H2,16,17,18). The van der Waals surface area contributed by atoms with Gasteiger partial charge in [-0.25, -0.2) is 4.79 Å². The van der Waals surface area contributed by atoms with Crippen LogP contribution in [0.3, 0.4) is 0 Å². The molecule has 0 aliphatic heterocycles. The van der Waals surface area contributed by atoms with E-state index in [1.165, 1.54) is 5.56 Å². The fourth-order valence-electron chi connectivity index (χ4n) is 2.19. The van der Waals surface area contributed by atoms with E-state index in [4.69, 9.17) is 5.73 Å². The third kappa shape index (κ3) is 2.63. The Morgan fingerprint density at radius 2 is 2.06 bits per heavy atom. The summed E-state index contributed by atoms with van der Waals surface area (Å²) in [4.78, 5) is 16.7. The number of fused-ring (bicyclic) bond motifs is 1. The molecule has 0 radical (unpaired) electrons. The summed E-state index contributed by atoms with van der Waals surface area (Å²) < 4.78 is 0. The topological polar surface area (TPSA) is 86.7 Å². The highest BCUT2D eigenvalue weighted by atomic mass is 16.1. The third-order valence-corrected chi connectivity index (χ3v) is 3.33. The minimum Gasteiger partial charge on any atom is -0.330 e. The van der Waals surface area contributed by atoms with Crippen molar-refractivity contribution in [1.29, 1.82) is 0 Å². The highest BCUT2D eigenvalue weighted by Gasteiger charge is 2.13. The summed E-state index contributed by atoms with van der Waals surface area (Å²) in [5.41, 5.74) is 8.35. The Morgan fingerprint density at radius 3 is 2.72 bits per heavy atom. The van der Waals surface area contributed by atoms with Gasteiger partial charge in [0.1, 0.15) is 0 Å². The molecule has 5 N–H and O–H groups in total. The van der Waals surface area contributed by atoms with Crippen LogP contribution >= 0.6 is 0 Å². The summed E-state index contributed by atoms with van der Waals surface area (Å²) in [6, 6.07) is 6.24. The number of nitrogens with two attached hydrogens (primary N) is 1. The second kappa shape index (κ2) is 5.37. The summed E-state index contributed by atoms with van der Waals surface area (Å²) in [5, 5.41) is 3.30. The first-order chi connectivity index (χ1) is 8.63. The minimum atomic E-state index is -0.168. The van der Waals surface area contributed by atoms with Crippen LogP contribution in [0.25, 0.3) is 11.0 Å². The molecule has 98 valence electrons. The van der Waals surface area contributed by atoms with Crippen LogP contribution in [0.1, 0.15) is 24.9 Å². The first-order valence-corrected chi connectivity index (χ1v) is 6.23. The van der Waals surface area contributed by atoms with Crippen LogP contribution in [-0.4, -0.2) is 23.6 Å². The molecule has 1 aromatic heterocycles. The van der Waals surface area contributed by atoms with E-state index in [1.54, 1.807) is 0 Å². The SMILES string of the molecule is CNC(CC(C)CN)c1ccc2[nH]c(=O)[nH]c2c1. The van der Waals surface area contributed by atoms with E-state index in [2.05, 4.69) is 22.2 Å². The van der Waals surface area contributed by atoms with Gasteiger partial charge in [-0.3, -0.25) is 0 Å². The molecule has 0 aliphatic rings. The monoisotopic (exact) mass is 248 g/mol. The number of H-pyrrole nitrogens is 2. The van der Waals surface area contributed by atoms with Crippen molar-refractivity contribution in [3.05, 3.63) is 34.2 Å². The maximum atomic E-state index is 11.2. The van der Waals surface area contributed by atoms with Gasteiger partial charge in [0.25, 0.3) is 0 Å². The molecule has 1 aromatic carbocycles. The Labute approximate surface area is 106 Å². The molecule has 0 amide bonds. The predicted octanol–water partition coefficient (Wildman–Crippen LogP) is 1.10. The zero-order valence-electron chi connectivity index (χ0n) is 10.8. The van der Waals surface area contributed by atoms with E-state index in [0.717, 1.165) is 17.5 Å². The number of benzene rings is 1. The van der Waals surface area contributed by atoms with Gasteiger partial charge in [-0.2, -0.15) is 0 Å². The van der Waals surface area contributed by atoms with Crippen molar-refractivity contribution >= 4 is 11.0 Å². The van der Waals surface area contributed by atoms with Crippen LogP contribution in [-0.2, 0) is 0 Å². The summed E-state index contributed by atoms with van der Waals surface area (Å²) in [6.45, 7) is 2.82. The van der Waals surface area contributed by atoms with Gasteiger partial charge in [0, 0.05) is 6.04 Å². The first-order valence-electron chi connectivity index (χ1n) is 6.23. The molecule has 0 aliphatic carbocycles. The lowest BCUT2D eigenvalue weighted by atomic mass is 9.96. The van der Waals surface area contributed by atoms with Crippen molar-refractivity contribution in [2.45, 2.75) is 19.4 Å². The van der Waals surface area contributed by atoms with Gasteiger partial charge in [-0.1, -0.05) is 13.0 Å². The zero-order chi connectivity index (χ0) is 13.1. The normalized spacial score (nSPS) is 14.8. The molecule has 5 nitrogen and oxygen atoms in total. The molecule has 2 unspecified atom stereocenters.